The summed E-state index contributed by atoms with van der Waals surface area (Å²) in [5, 5.41) is 9.27. The molecular weight excluding hydrogens is 348 g/mol. The van der Waals surface area contributed by atoms with E-state index in [1.807, 2.05) is 14.1 Å². The summed E-state index contributed by atoms with van der Waals surface area (Å²) in [4.78, 5) is 14.9. The van der Waals surface area contributed by atoms with Crippen LogP contribution in [0.2, 0.25) is 0 Å². The molecule has 0 bridgehead atoms. The molecule has 0 fully saturated rings. The van der Waals surface area contributed by atoms with Gasteiger partial charge in [0, 0.05) is 13.1 Å². The summed E-state index contributed by atoms with van der Waals surface area (Å²) < 4.78 is 0. The zero-order chi connectivity index (χ0) is 20.9. The third-order valence-electron chi connectivity index (χ3n) is 4.93. The molecule has 0 atom stereocenters. The lowest BCUT2D eigenvalue weighted by atomic mass is 10.1. The normalized spacial score (nSPS) is 11.9. The zero-order valence-electron chi connectivity index (χ0n) is 18.9. The van der Waals surface area contributed by atoms with Crippen molar-refractivity contribution in [2.75, 3.05) is 33.7 Å². The lowest BCUT2D eigenvalue weighted by Gasteiger charge is -2.20. The van der Waals surface area contributed by atoms with Crippen LogP contribution in [0.4, 0.5) is 4.79 Å². The van der Waals surface area contributed by atoms with Crippen molar-refractivity contribution in [3.8, 4) is 0 Å². The summed E-state index contributed by atoms with van der Waals surface area (Å²) in [7, 11) is 4.04. The van der Waals surface area contributed by atoms with Crippen LogP contribution in [0, 0.1) is 0 Å². The Balaban J connectivity index is 3.48. The van der Waals surface area contributed by atoms with Crippen LogP contribution in [0.5, 0.6) is 0 Å². The number of rotatable bonds is 19. The Labute approximate surface area is 174 Å². The van der Waals surface area contributed by atoms with Crippen LogP contribution < -0.4 is 0 Å². The van der Waals surface area contributed by atoms with Crippen LogP contribution in [0.25, 0.3) is 0 Å². The van der Waals surface area contributed by atoms with E-state index in [9.17, 15) is 9.90 Å². The Kier molecular flexibility index (Phi) is 19.5. The summed E-state index contributed by atoms with van der Waals surface area (Å²) in [5.41, 5.74) is 0. The van der Waals surface area contributed by atoms with Crippen LogP contribution in [0.1, 0.15) is 90.4 Å². The maximum atomic E-state index is 11.3. The highest BCUT2D eigenvalue weighted by molar-refractivity contribution is 5.64. The fourth-order valence-electron chi connectivity index (χ4n) is 3.17. The van der Waals surface area contributed by atoms with Crippen LogP contribution in [0.3, 0.4) is 0 Å². The van der Waals surface area contributed by atoms with Gasteiger partial charge in [-0.2, -0.15) is 0 Å². The Bertz CT molecular complexity index is 405. The van der Waals surface area contributed by atoms with Crippen molar-refractivity contribution in [1.29, 1.82) is 0 Å². The van der Waals surface area contributed by atoms with Crippen molar-refractivity contribution in [3.63, 3.8) is 0 Å². The lowest BCUT2D eigenvalue weighted by Crippen LogP contribution is -2.33. The number of carbonyl (C=O) groups is 1. The topological polar surface area (TPSA) is 43.8 Å². The zero-order valence-corrected chi connectivity index (χ0v) is 18.9. The van der Waals surface area contributed by atoms with Crippen LogP contribution in [-0.4, -0.2) is 54.7 Å². The highest BCUT2D eigenvalue weighted by Gasteiger charge is 2.10. The van der Waals surface area contributed by atoms with E-state index >= 15 is 0 Å². The summed E-state index contributed by atoms with van der Waals surface area (Å²) >= 11 is 0. The van der Waals surface area contributed by atoms with Gasteiger partial charge >= 0.3 is 6.09 Å². The van der Waals surface area contributed by atoms with Gasteiger partial charge < -0.3 is 14.9 Å². The standard InChI is InChI=1S/C24H46N2O2/c1-4-5-6-7-8-9-10-11-12-13-14-15-16-17-18-19-22-26(24(27)28)23-20-21-25(2)3/h8-9,11-12H,4-7,10,13-23H2,1-3H3,(H,27,28). The first-order valence-corrected chi connectivity index (χ1v) is 11.5. The molecule has 0 spiro atoms. The van der Waals surface area contributed by atoms with E-state index in [2.05, 4.69) is 36.1 Å². The molecule has 0 heterocycles. The molecule has 4 nitrogen and oxygen atoms in total. The first-order chi connectivity index (χ1) is 13.6. The molecule has 0 saturated heterocycles. The monoisotopic (exact) mass is 394 g/mol. The minimum atomic E-state index is -0.777. The Morgan fingerprint density at radius 3 is 1.82 bits per heavy atom. The fourth-order valence-corrected chi connectivity index (χ4v) is 3.17. The van der Waals surface area contributed by atoms with Crippen molar-refractivity contribution < 1.29 is 9.90 Å². The second kappa shape index (κ2) is 20.4. The van der Waals surface area contributed by atoms with Gasteiger partial charge in [-0.25, -0.2) is 4.79 Å². The Hall–Kier alpha value is -1.29. The second-order valence-electron chi connectivity index (χ2n) is 8.01. The fraction of sp³-hybridized carbons (Fsp3) is 0.792. The number of hydrogen-bond acceptors (Lipinski definition) is 2. The molecule has 4 heteroatoms. The molecule has 0 saturated carbocycles. The van der Waals surface area contributed by atoms with E-state index in [0.717, 1.165) is 32.2 Å². The molecule has 0 aromatic carbocycles. The first kappa shape index (κ1) is 26.7. The Morgan fingerprint density at radius 1 is 0.714 bits per heavy atom. The van der Waals surface area contributed by atoms with Crippen LogP contribution >= 0.6 is 0 Å². The average molecular weight is 395 g/mol. The largest absolute Gasteiger partial charge is 0.465 e. The van der Waals surface area contributed by atoms with E-state index in [0.29, 0.717) is 13.1 Å². The molecule has 0 radical (unpaired) electrons. The number of hydrogen-bond donors (Lipinski definition) is 1. The van der Waals surface area contributed by atoms with Gasteiger partial charge in [0.2, 0.25) is 0 Å². The molecule has 0 aliphatic rings. The summed E-state index contributed by atoms with van der Waals surface area (Å²) in [5.74, 6) is 0. The highest BCUT2D eigenvalue weighted by atomic mass is 16.4. The quantitative estimate of drug-likeness (QED) is 0.195. The number of unbranched alkanes of at least 4 members (excludes halogenated alkanes) is 9. The average Bonchev–Trinajstić information content (AvgIpc) is 2.65. The smallest absolute Gasteiger partial charge is 0.407 e. The van der Waals surface area contributed by atoms with Gasteiger partial charge in [0.25, 0.3) is 0 Å². The van der Waals surface area contributed by atoms with E-state index in [4.69, 9.17) is 0 Å². The van der Waals surface area contributed by atoms with Crippen molar-refractivity contribution in [1.82, 2.24) is 9.80 Å². The first-order valence-electron chi connectivity index (χ1n) is 11.5. The number of nitrogens with zero attached hydrogens (tertiary/aromatic N) is 2. The SMILES string of the molecule is CCCCCC=CCC=CCCCCCCCCN(CCCN(C)C)C(=O)O. The summed E-state index contributed by atoms with van der Waals surface area (Å²) in [6, 6.07) is 0. The molecular formula is C24H46N2O2. The molecule has 0 unspecified atom stereocenters. The number of allylic oxidation sites excluding steroid dienone is 4. The minimum absolute atomic E-state index is 0.647. The maximum Gasteiger partial charge on any atom is 0.407 e. The molecule has 0 rings (SSSR count). The number of carboxylic acid groups (broad SMARTS) is 1. The van der Waals surface area contributed by atoms with Crippen LogP contribution in [-0.2, 0) is 0 Å². The van der Waals surface area contributed by atoms with E-state index in [1.165, 1.54) is 57.8 Å². The minimum Gasteiger partial charge on any atom is -0.465 e. The summed E-state index contributed by atoms with van der Waals surface area (Å²) in [6.45, 7) is 4.51. The maximum absolute atomic E-state index is 11.3. The molecule has 0 aliphatic heterocycles. The molecule has 1 amide bonds. The molecule has 0 aromatic rings. The van der Waals surface area contributed by atoms with Gasteiger partial charge in [-0.15, -0.1) is 0 Å². The third-order valence-corrected chi connectivity index (χ3v) is 4.93. The molecule has 0 aliphatic carbocycles. The third kappa shape index (κ3) is 19.5. The van der Waals surface area contributed by atoms with E-state index < -0.39 is 6.09 Å². The van der Waals surface area contributed by atoms with Gasteiger partial charge in [-0.3, -0.25) is 0 Å². The van der Waals surface area contributed by atoms with Crippen molar-refractivity contribution in [2.24, 2.45) is 0 Å². The van der Waals surface area contributed by atoms with E-state index in [-0.39, 0.29) is 0 Å². The lowest BCUT2D eigenvalue weighted by molar-refractivity contribution is 0.142. The van der Waals surface area contributed by atoms with Crippen molar-refractivity contribution in [3.05, 3.63) is 24.3 Å². The van der Waals surface area contributed by atoms with E-state index in [1.54, 1.807) is 4.90 Å². The molecule has 0 aromatic heterocycles. The van der Waals surface area contributed by atoms with Gasteiger partial charge in [-0.1, -0.05) is 69.8 Å². The predicted octanol–water partition coefficient (Wildman–Crippen LogP) is 6.73. The number of amides is 1. The predicted molar refractivity (Wildman–Crippen MR) is 122 cm³/mol. The highest BCUT2D eigenvalue weighted by Crippen LogP contribution is 2.09. The van der Waals surface area contributed by atoms with Gasteiger partial charge in [0.05, 0.1) is 0 Å². The van der Waals surface area contributed by atoms with Gasteiger partial charge in [-0.05, 0) is 65.6 Å². The molecule has 1 N–H and O–H groups in total. The summed E-state index contributed by atoms with van der Waals surface area (Å²) in [6.07, 6.45) is 23.9. The van der Waals surface area contributed by atoms with Crippen molar-refractivity contribution in [2.45, 2.75) is 90.4 Å². The molecule has 164 valence electrons. The molecule has 28 heavy (non-hydrogen) atoms. The van der Waals surface area contributed by atoms with Crippen molar-refractivity contribution >= 4 is 6.09 Å². The van der Waals surface area contributed by atoms with Gasteiger partial charge in [0.15, 0.2) is 0 Å². The van der Waals surface area contributed by atoms with Crippen LogP contribution in [0.15, 0.2) is 24.3 Å². The van der Waals surface area contributed by atoms with Gasteiger partial charge in [0.1, 0.15) is 0 Å². The second-order valence-corrected chi connectivity index (χ2v) is 8.01. The Morgan fingerprint density at radius 2 is 1.25 bits per heavy atom.